The topological polar surface area (TPSA) is 123 Å². The molecule has 0 bridgehead atoms. The summed E-state index contributed by atoms with van der Waals surface area (Å²) in [7, 11) is -1.60. The number of aryl methyl sites for hydroxylation is 1. The van der Waals surface area contributed by atoms with Gasteiger partial charge in [0.2, 0.25) is 0 Å². The number of sulfonamides is 1. The molecule has 0 amide bonds. The van der Waals surface area contributed by atoms with E-state index in [1.54, 1.807) is 12.1 Å². The number of hydrogen-bond acceptors (Lipinski definition) is 8. The third-order valence-corrected chi connectivity index (χ3v) is 5.22. The summed E-state index contributed by atoms with van der Waals surface area (Å²) in [6.45, 7) is 5.49. The number of ether oxygens (including phenoxy) is 2. The van der Waals surface area contributed by atoms with Crippen LogP contribution in [0.15, 0.2) is 57.8 Å². The number of hydrogen-bond donors (Lipinski definition) is 2. The Labute approximate surface area is 167 Å². The number of rotatable bonds is 8. The van der Waals surface area contributed by atoms with Crippen molar-refractivity contribution < 1.29 is 27.5 Å². The molecule has 0 aromatic heterocycles. The third kappa shape index (κ3) is 7.55. The number of amidine groups is 1. The number of carbonyl (C=O) groups excluding carboxylic acids is 2. The van der Waals surface area contributed by atoms with E-state index < -0.39 is 22.0 Å². The molecule has 0 aliphatic rings. The van der Waals surface area contributed by atoms with E-state index in [1.165, 1.54) is 18.2 Å². The van der Waals surface area contributed by atoms with Gasteiger partial charge in [0.25, 0.3) is 10.0 Å². The molecule has 2 N–H and O–H groups in total. The van der Waals surface area contributed by atoms with E-state index in [0.717, 1.165) is 25.9 Å². The van der Waals surface area contributed by atoms with Gasteiger partial charge in [-0.25, -0.2) is 18.0 Å². The molecule has 1 rings (SSSR count). The SMILES string of the molecule is C=CCN=C(NNS(=O)(=O)c1ccc(C)cc1)S/C(=C\C(=O)OC)C(=O)OC. The maximum atomic E-state index is 12.4. The molecule has 28 heavy (non-hydrogen) atoms. The number of nitrogens with one attached hydrogen (secondary N) is 2. The average Bonchev–Trinajstić information content (AvgIpc) is 2.68. The van der Waals surface area contributed by atoms with Crippen LogP contribution in [0.1, 0.15) is 5.56 Å². The highest BCUT2D eigenvalue weighted by Gasteiger charge is 2.19. The number of carbonyl (C=O) groups is 2. The molecule has 9 nitrogen and oxygen atoms in total. The van der Waals surface area contributed by atoms with Crippen molar-refractivity contribution in [3.8, 4) is 0 Å². The van der Waals surface area contributed by atoms with Crippen molar-refractivity contribution in [1.82, 2.24) is 10.3 Å². The second-order valence-electron chi connectivity index (χ2n) is 5.10. The summed E-state index contributed by atoms with van der Waals surface area (Å²) < 4.78 is 33.9. The van der Waals surface area contributed by atoms with E-state index in [0.29, 0.717) is 11.8 Å². The van der Waals surface area contributed by atoms with Crippen LogP contribution in [0.4, 0.5) is 0 Å². The van der Waals surface area contributed by atoms with Crippen molar-refractivity contribution in [2.45, 2.75) is 11.8 Å². The fraction of sp³-hybridized carbons (Fsp3) is 0.235. The fourth-order valence-electron chi connectivity index (χ4n) is 1.63. The van der Waals surface area contributed by atoms with Crippen LogP contribution in [0, 0.1) is 6.92 Å². The molecule has 0 unspecified atom stereocenters. The Morgan fingerprint density at radius 2 is 1.86 bits per heavy atom. The van der Waals surface area contributed by atoms with Crippen molar-refractivity contribution >= 4 is 38.9 Å². The van der Waals surface area contributed by atoms with Gasteiger partial charge in [-0.1, -0.05) is 23.8 Å². The summed E-state index contributed by atoms with van der Waals surface area (Å²) in [4.78, 5) is 29.5. The van der Waals surface area contributed by atoms with E-state index >= 15 is 0 Å². The lowest BCUT2D eigenvalue weighted by atomic mass is 10.2. The number of benzene rings is 1. The number of aliphatic imine (C=N–C) groups is 1. The van der Waals surface area contributed by atoms with E-state index in [9.17, 15) is 18.0 Å². The predicted molar refractivity (Wildman–Crippen MR) is 107 cm³/mol. The normalized spacial score (nSPS) is 12.2. The van der Waals surface area contributed by atoms with E-state index in [1.807, 2.05) is 6.92 Å². The quantitative estimate of drug-likeness (QED) is 0.159. The molecule has 1 aromatic carbocycles. The molecule has 11 heteroatoms. The van der Waals surface area contributed by atoms with Gasteiger partial charge in [0, 0.05) is 6.08 Å². The third-order valence-electron chi connectivity index (χ3n) is 3.03. The van der Waals surface area contributed by atoms with Crippen molar-refractivity contribution in [3.63, 3.8) is 0 Å². The second-order valence-corrected chi connectivity index (χ2v) is 7.82. The van der Waals surface area contributed by atoms with Crippen LogP contribution in [-0.2, 0) is 29.1 Å². The lowest BCUT2D eigenvalue weighted by molar-refractivity contribution is -0.137. The zero-order valence-electron chi connectivity index (χ0n) is 15.6. The molecular weight excluding hydrogens is 406 g/mol. The minimum Gasteiger partial charge on any atom is -0.466 e. The van der Waals surface area contributed by atoms with Crippen LogP contribution in [0.3, 0.4) is 0 Å². The Bertz CT molecular complexity index is 877. The highest BCUT2D eigenvalue weighted by molar-refractivity contribution is 8.17. The summed E-state index contributed by atoms with van der Waals surface area (Å²) in [6, 6.07) is 6.21. The Hall–Kier alpha value is -2.63. The van der Waals surface area contributed by atoms with Crippen LogP contribution in [-0.4, -0.2) is 46.3 Å². The highest BCUT2D eigenvalue weighted by Crippen LogP contribution is 2.19. The maximum Gasteiger partial charge on any atom is 0.345 e. The first-order valence-electron chi connectivity index (χ1n) is 7.79. The summed E-state index contributed by atoms with van der Waals surface area (Å²) in [5.74, 6) is -1.60. The van der Waals surface area contributed by atoms with Gasteiger partial charge in [-0.15, -0.1) is 11.4 Å². The van der Waals surface area contributed by atoms with Crippen molar-refractivity contribution in [2.75, 3.05) is 20.8 Å². The summed E-state index contributed by atoms with van der Waals surface area (Å²) in [5.41, 5.74) is 3.34. The Kier molecular flexibility index (Phi) is 9.42. The molecule has 0 aliphatic heterocycles. The molecule has 0 saturated heterocycles. The lowest BCUT2D eigenvalue weighted by Crippen LogP contribution is -2.40. The first-order valence-corrected chi connectivity index (χ1v) is 10.1. The fourth-order valence-corrected chi connectivity index (χ4v) is 3.31. The molecule has 0 saturated carbocycles. The van der Waals surface area contributed by atoms with Crippen LogP contribution in [0.2, 0.25) is 0 Å². The minimum absolute atomic E-state index is 0.00357. The Balaban J connectivity index is 3.03. The number of hydrazine groups is 1. The Morgan fingerprint density at radius 1 is 1.21 bits per heavy atom. The van der Waals surface area contributed by atoms with Crippen LogP contribution < -0.4 is 10.3 Å². The van der Waals surface area contributed by atoms with Gasteiger partial charge in [0.1, 0.15) is 4.91 Å². The molecule has 0 spiro atoms. The first kappa shape index (κ1) is 23.4. The molecule has 0 fully saturated rings. The average molecular weight is 428 g/mol. The summed E-state index contributed by atoms with van der Waals surface area (Å²) in [6.07, 6.45) is 2.38. The van der Waals surface area contributed by atoms with Gasteiger partial charge in [-0.2, -0.15) is 0 Å². The standard InChI is InChI=1S/C17H21N3O6S2/c1-5-10-18-17(27-14(16(22)26-4)11-15(21)25-3)19-20-28(23,24)13-8-6-12(2)7-9-13/h5-9,11,20H,1,10H2,2-4H3,(H,18,19)/b14-11-. The Morgan fingerprint density at radius 3 is 2.39 bits per heavy atom. The number of methoxy groups -OCH3 is 2. The number of esters is 2. The lowest BCUT2D eigenvalue weighted by Gasteiger charge is -2.12. The van der Waals surface area contributed by atoms with Crippen LogP contribution in [0.25, 0.3) is 0 Å². The number of thioether (sulfide) groups is 1. The predicted octanol–water partition coefficient (Wildman–Crippen LogP) is 1.28. The molecular formula is C17H21N3O6S2. The molecule has 1 aromatic rings. The van der Waals surface area contributed by atoms with Crippen molar-refractivity contribution in [3.05, 3.63) is 53.5 Å². The summed E-state index contributed by atoms with van der Waals surface area (Å²) >= 11 is 0.694. The molecule has 0 atom stereocenters. The molecule has 0 aliphatic carbocycles. The van der Waals surface area contributed by atoms with E-state index in [2.05, 4.69) is 31.3 Å². The maximum absolute atomic E-state index is 12.4. The van der Waals surface area contributed by atoms with Crippen molar-refractivity contribution in [1.29, 1.82) is 0 Å². The smallest absolute Gasteiger partial charge is 0.345 e. The summed E-state index contributed by atoms with van der Waals surface area (Å²) in [5, 5.41) is -0.00357. The van der Waals surface area contributed by atoms with E-state index in [-0.39, 0.29) is 21.5 Å². The monoisotopic (exact) mass is 427 g/mol. The molecule has 0 heterocycles. The van der Waals surface area contributed by atoms with Crippen LogP contribution in [0.5, 0.6) is 0 Å². The largest absolute Gasteiger partial charge is 0.466 e. The first-order chi connectivity index (χ1) is 13.2. The molecule has 0 radical (unpaired) electrons. The van der Waals surface area contributed by atoms with Gasteiger partial charge in [-0.3, -0.25) is 10.4 Å². The highest BCUT2D eigenvalue weighted by atomic mass is 32.2. The van der Waals surface area contributed by atoms with Gasteiger partial charge in [-0.05, 0) is 30.8 Å². The zero-order valence-corrected chi connectivity index (χ0v) is 17.2. The zero-order chi connectivity index (χ0) is 21.2. The van der Waals surface area contributed by atoms with Crippen LogP contribution >= 0.6 is 11.8 Å². The van der Waals surface area contributed by atoms with Crippen molar-refractivity contribution in [2.24, 2.45) is 4.99 Å². The number of nitrogens with zero attached hydrogens (tertiary/aromatic N) is 1. The molecule has 152 valence electrons. The second kappa shape index (κ2) is 11.3. The minimum atomic E-state index is -3.89. The van der Waals surface area contributed by atoms with Gasteiger partial charge in [0.05, 0.1) is 25.7 Å². The van der Waals surface area contributed by atoms with E-state index in [4.69, 9.17) is 0 Å². The van der Waals surface area contributed by atoms with Gasteiger partial charge in [0.15, 0.2) is 5.17 Å². The van der Waals surface area contributed by atoms with Gasteiger partial charge < -0.3 is 9.47 Å². The van der Waals surface area contributed by atoms with Gasteiger partial charge >= 0.3 is 11.9 Å².